The Hall–Kier alpha value is -4.45. The first-order valence-corrected chi connectivity index (χ1v) is 17.8. The van der Waals surface area contributed by atoms with Gasteiger partial charge in [-0.25, -0.2) is 29.3 Å². The molecule has 8 atom stereocenters. The molecule has 3 aliphatic rings. The Morgan fingerprint density at radius 2 is 1.89 bits per heavy atom. The molecular weight excluding hydrogens is 714 g/mol. The summed E-state index contributed by atoms with van der Waals surface area (Å²) in [5.74, 6) is -1.19. The van der Waals surface area contributed by atoms with Crippen molar-refractivity contribution in [3.63, 3.8) is 0 Å². The fraction of sp³-hybridized carbons (Fsp3) is 0.719. The van der Waals surface area contributed by atoms with Gasteiger partial charge in [-0.3, -0.25) is 20.2 Å². The van der Waals surface area contributed by atoms with Crippen molar-refractivity contribution in [3.8, 4) is 0 Å². The number of carboxylic acids is 1. The number of nitrogen functional groups attached to an aromatic ring is 1. The van der Waals surface area contributed by atoms with Crippen molar-refractivity contribution >= 4 is 41.0 Å². The van der Waals surface area contributed by atoms with Gasteiger partial charge >= 0.3 is 18.1 Å². The van der Waals surface area contributed by atoms with E-state index in [-0.39, 0.29) is 51.0 Å². The fourth-order valence-corrected chi connectivity index (χ4v) is 6.60. The number of unbranched alkanes of at least 4 members (excludes halogenated alkanes) is 2. The summed E-state index contributed by atoms with van der Waals surface area (Å²) in [6.45, 7) is 5.73. The first-order valence-electron chi connectivity index (χ1n) is 17.8. The SMILES string of the molecule is CC(C)(C)OC(=O)N[C@@H](CCN(CCCCCN1CN([C@H]2C[C@H](O)[C@@H](CO)O2)C(=O)NC1=N)C[C@H]1O[C@@H](n2cnc3c(N)ncnc32)[C@H](O)[C@@H]1O)C(=O)O. The third-order valence-electron chi connectivity index (χ3n) is 9.42. The fourth-order valence-electron chi connectivity index (χ4n) is 6.60. The molecule has 3 saturated heterocycles. The number of rotatable bonds is 16. The molecule has 2 aromatic rings. The van der Waals surface area contributed by atoms with E-state index in [9.17, 15) is 39.9 Å². The van der Waals surface area contributed by atoms with Crippen LogP contribution in [0.3, 0.4) is 0 Å². The lowest BCUT2D eigenvalue weighted by Crippen LogP contribution is -2.62. The Bertz CT molecular complexity index is 1640. The smallest absolute Gasteiger partial charge is 0.408 e. The van der Waals surface area contributed by atoms with Crippen LogP contribution in [0, 0.1) is 5.41 Å². The van der Waals surface area contributed by atoms with Crippen LogP contribution >= 0.6 is 0 Å². The van der Waals surface area contributed by atoms with Gasteiger partial charge in [0, 0.05) is 26.1 Å². The highest BCUT2D eigenvalue weighted by molar-refractivity contribution is 5.96. The van der Waals surface area contributed by atoms with E-state index in [1.54, 1.807) is 25.7 Å². The summed E-state index contributed by atoms with van der Waals surface area (Å²) in [6, 6.07) is -1.82. The number of aromatic nitrogens is 4. The number of imidazole rings is 1. The summed E-state index contributed by atoms with van der Waals surface area (Å²) in [5, 5.41) is 64.7. The first-order chi connectivity index (χ1) is 25.6. The van der Waals surface area contributed by atoms with Gasteiger partial charge < -0.3 is 60.6 Å². The number of anilines is 1. The number of fused-ring (bicyclic) bond motifs is 1. The van der Waals surface area contributed by atoms with Crippen molar-refractivity contribution in [3.05, 3.63) is 12.7 Å². The Kier molecular flexibility index (Phi) is 13.1. The van der Waals surface area contributed by atoms with E-state index in [1.807, 2.05) is 4.90 Å². The lowest BCUT2D eigenvalue weighted by atomic mass is 10.1. The number of urea groups is 1. The van der Waals surface area contributed by atoms with Gasteiger partial charge in [0.15, 0.2) is 17.7 Å². The summed E-state index contributed by atoms with van der Waals surface area (Å²) in [5.41, 5.74) is 5.69. The molecule has 0 saturated carbocycles. The first kappa shape index (κ1) is 40.7. The Balaban J connectivity index is 1.20. The minimum Gasteiger partial charge on any atom is -0.480 e. The van der Waals surface area contributed by atoms with Gasteiger partial charge in [-0.1, -0.05) is 6.42 Å². The molecule has 3 aliphatic heterocycles. The lowest BCUT2D eigenvalue weighted by Gasteiger charge is -2.39. The summed E-state index contributed by atoms with van der Waals surface area (Å²) in [4.78, 5) is 54.4. The van der Waals surface area contributed by atoms with Crippen LogP contribution < -0.4 is 16.4 Å². The number of ether oxygens (including phenoxy) is 3. The molecule has 3 fully saturated rings. The molecule has 10 N–H and O–H groups in total. The van der Waals surface area contributed by atoms with Gasteiger partial charge in [-0.15, -0.1) is 0 Å². The van der Waals surface area contributed by atoms with E-state index in [0.29, 0.717) is 43.5 Å². The number of nitrogens with two attached hydrogens (primary N) is 1. The highest BCUT2D eigenvalue weighted by Gasteiger charge is 2.45. The van der Waals surface area contributed by atoms with E-state index in [1.165, 1.54) is 22.1 Å². The molecule has 22 nitrogen and oxygen atoms in total. The van der Waals surface area contributed by atoms with Crippen LogP contribution in [0.2, 0.25) is 0 Å². The average Bonchev–Trinajstić information content (AvgIpc) is 3.78. The molecule has 5 rings (SSSR count). The van der Waals surface area contributed by atoms with Crippen LogP contribution in [-0.2, 0) is 19.0 Å². The van der Waals surface area contributed by atoms with Crippen LogP contribution in [-0.4, -0.2) is 172 Å². The minimum atomic E-state index is -1.36. The Morgan fingerprint density at radius 1 is 1.13 bits per heavy atom. The normalized spacial score (nSPS) is 26.8. The monoisotopic (exact) mass is 765 g/mol. The molecule has 22 heteroatoms. The quantitative estimate of drug-likeness (QED) is 0.0884. The van der Waals surface area contributed by atoms with Crippen LogP contribution in [0.15, 0.2) is 12.7 Å². The van der Waals surface area contributed by atoms with Crippen LogP contribution in [0.4, 0.5) is 15.4 Å². The average molecular weight is 766 g/mol. The maximum atomic E-state index is 12.6. The molecule has 3 amide bonds. The lowest BCUT2D eigenvalue weighted by molar-refractivity contribution is -0.139. The van der Waals surface area contributed by atoms with E-state index in [2.05, 4.69) is 25.6 Å². The molecule has 300 valence electrons. The number of nitrogens with one attached hydrogen (secondary N) is 3. The predicted molar refractivity (Wildman–Crippen MR) is 187 cm³/mol. The van der Waals surface area contributed by atoms with Gasteiger partial charge in [-0.2, -0.15) is 0 Å². The highest BCUT2D eigenvalue weighted by atomic mass is 16.6. The van der Waals surface area contributed by atoms with Gasteiger partial charge in [0.1, 0.15) is 60.8 Å². The summed E-state index contributed by atoms with van der Waals surface area (Å²) >= 11 is 0. The number of guanidine groups is 1. The van der Waals surface area contributed by atoms with Crippen LogP contribution in [0.25, 0.3) is 11.2 Å². The van der Waals surface area contributed by atoms with Crippen molar-refractivity contribution in [2.45, 2.75) is 107 Å². The number of carbonyl (C=O) groups is 3. The van der Waals surface area contributed by atoms with Gasteiger partial charge in [0.25, 0.3) is 0 Å². The maximum Gasteiger partial charge on any atom is 0.408 e. The second kappa shape index (κ2) is 17.3. The number of nitrogens with zero attached hydrogens (tertiary/aromatic N) is 7. The molecule has 0 unspecified atom stereocenters. The molecule has 0 aliphatic carbocycles. The predicted octanol–water partition coefficient (Wildman–Crippen LogP) is -1.44. The van der Waals surface area contributed by atoms with Crippen LogP contribution in [0.5, 0.6) is 0 Å². The molecule has 0 spiro atoms. The highest BCUT2D eigenvalue weighted by Crippen LogP contribution is 2.32. The van der Waals surface area contributed by atoms with E-state index >= 15 is 0 Å². The number of hydrogen-bond acceptors (Lipinski definition) is 16. The topological polar surface area (TPSA) is 307 Å². The number of aliphatic hydroxyl groups excluding tert-OH is 4. The van der Waals surface area contributed by atoms with Gasteiger partial charge in [-0.05, 0) is 46.6 Å². The molecular formula is C32H51N11O11. The molecule has 0 bridgehead atoms. The third kappa shape index (κ3) is 9.80. The Labute approximate surface area is 310 Å². The number of alkyl carbamates (subject to hydrolysis) is 1. The van der Waals surface area contributed by atoms with E-state index < -0.39 is 72.7 Å². The zero-order chi connectivity index (χ0) is 39.3. The molecule has 0 aromatic carbocycles. The zero-order valence-corrected chi connectivity index (χ0v) is 30.4. The molecule has 2 aromatic heterocycles. The molecule has 0 radical (unpaired) electrons. The van der Waals surface area contributed by atoms with Gasteiger partial charge in [0.2, 0.25) is 5.96 Å². The number of carboxylic acid groups (broad SMARTS) is 1. The van der Waals surface area contributed by atoms with Crippen molar-refractivity contribution in [2.75, 3.05) is 45.2 Å². The summed E-state index contributed by atoms with van der Waals surface area (Å²) in [7, 11) is 0. The van der Waals surface area contributed by atoms with Gasteiger partial charge in [0.05, 0.1) is 19.0 Å². The molecule has 5 heterocycles. The van der Waals surface area contributed by atoms with Crippen molar-refractivity contribution < 1.29 is 54.1 Å². The second-order valence-corrected chi connectivity index (χ2v) is 14.6. The zero-order valence-electron chi connectivity index (χ0n) is 30.4. The van der Waals surface area contributed by atoms with Crippen molar-refractivity contribution in [2.24, 2.45) is 0 Å². The number of carbonyl (C=O) groups excluding carboxylic acids is 2. The van der Waals surface area contributed by atoms with Crippen molar-refractivity contribution in [1.82, 2.24) is 44.9 Å². The summed E-state index contributed by atoms with van der Waals surface area (Å²) in [6.07, 6.45) is -3.40. The van der Waals surface area contributed by atoms with Crippen molar-refractivity contribution in [1.29, 1.82) is 5.41 Å². The van der Waals surface area contributed by atoms with E-state index in [4.69, 9.17) is 25.4 Å². The van der Waals surface area contributed by atoms with E-state index in [0.717, 1.165) is 0 Å². The number of hydrogen-bond donors (Lipinski definition) is 9. The Morgan fingerprint density at radius 3 is 2.57 bits per heavy atom. The third-order valence-corrected chi connectivity index (χ3v) is 9.42. The largest absolute Gasteiger partial charge is 0.480 e. The minimum absolute atomic E-state index is 0.0126. The number of amides is 3. The number of aliphatic hydroxyl groups is 4. The summed E-state index contributed by atoms with van der Waals surface area (Å²) < 4.78 is 18.5. The second-order valence-electron chi connectivity index (χ2n) is 14.6. The number of aliphatic carboxylic acids is 1. The maximum absolute atomic E-state index is 12.6. The molecule has 54 heavy (non-hydrogen) atoms. The standard InChI is InChI=1S/C32H51N11O11/c1-32(2,3)54-31(51)38-17(28(48)49)7-10-40(12-19-23(46)24(47)27(53-19)42-15-37-22-25(33)35-14-36-26(22)42)8-5-4-6-9-41-16-43(30(50)39-29(41)34)21-11-18(45)20(13-44)52-21/h14-15,17-21,23-24,27,44-47H,4-13,16H2,1-3H3,(H,38,51)(H,48,49)(H2,33,35,36)(H2,34,39,50)/t17-,18-,19+,20+,21+,23+,24+,27+/m0/s1. The van der Waals surface area contributed by atoms with Crippen LogP contribution in [0.1, 0.15) is 59.1 Å².